The Kier molecular flexibility index (Phi) is 4.07. The fourth-order valence-corrected chi connectivity index (χ4v) is 4.41. The molecule has 0 aliphatic rings. The number of halogens is 1. The standard InChI is InChI=1S/C21H13BrN4S/c22-20-14(13-8-9-16-18(12-13)24-11-10-23-16)5-3-6-17(20)25-21-15-4-1-2-7-19(15)27-26-21/h1-12H,(H,25,26). The van der Waals surface area contributed by atoms with Crippen molar-refractivity contribution < 1.29 is 0 Å². The number of hydrogen-bond donors (Lipinski definition) is 1. The quantitative estimate of drug-likeness (QED) is 0.357. The molecule has 27 heavy (non-hydrogen) atoms. The Morgan fingerprint density at radius 1 is 0.852 bits per heavy atom. The van der Waals surface area contributed by atoms with Crippen LogP contribution in [0.4, 0.5) is 11.5 Å². The van der Waals surface area contributed by atoms with E-state index < -0.39 is 0 Å². The monoisotopic (exact) mass is 432 g/mol. The highest BCUT2D eigenvalue weighted by molar-refractivity contribution is 9.10. The van der Waals surface area contributed by atoms with Crippen molar-refractivity contribution in [2.24, 2.45) is 0 Å². The Bertz CT molecular complexity index is 1280. The molecule has 0 bridgehead atoms. The molecule has 0 aliphatic heterocycles. The number of benzene rings is 3. The van der Waals surface area contributed by atoms with Crippen LogP contribution in [0.15, 0.2) is 77.5 Å². The van der Waals surface area contributed by atoms with Crippen LogP contribution >= 0.6 is 27.5 Å². The third kappa shape index (κ3) is 2.97. The SMILES string of the molecule is Brc1c(Nc2nsc3ccccc23)cccc1-c1ccc2nccnc2c1. The molecule has 0 atom stereocenters. The number of nitrogens with one attached hydrogen (secondary N) is 1. The molecular weight excluding hydrogens is 420 g/mol. The van der Waals surface area contributed by atoms with E-state index in [1.165, 1.54) is 16.2 Å². The van der Waals surface area contributed by atoms with Gasteiger partial charge in [-0.1, -0.05) is 30.3 Å². The maximum atomic E-state index is 4.57. The van der Waals surface area contributed by atoms with Crippen molar-refractivity contribution in [1.29, 1.82) is 0 Å². The lowest BCUT2D eigenvalue weighted by Gasteiger charge is -2.12. The summed E-state index contributed by atoms with van der Waals surface area (Å²) in [6, 6.07) is 20.5. The molecule has 5 aromatic rings. The predicted octanol–water partition coefficient (Wildman–Crippen LogP) is 6.41. The van der Waals surface area contributed by atoms with Gasteiger partial charge in [0.25, 0.3) is 0 Å². The van der Waals surface area contributed by atoms with Crippen molar-refractivity contribution in [3.05, 3.63) is 77.5 Å². The van der Waals surface area contributed by atoms with Crippen LogP contribution in [-0.2, 0) is 0 Å². The van der Waals surface area contributed by atoms with Crippen LogP contribution in [0.1, 0.15) is 0 Å². The van der Waals surface area contributed by atoms with Crippen molar-refractivity contribution in [3.63, 3.8) is 0 Å². The Labute approximate surface area is 168 Å². The fraction of sp³-hybridized carbons (Fsp3) is 0. The van der Waals surface area contributed by atoms with Crippen LogP contribution in [0, 0.1) is 0 Å². The van der Waals surface area contributed by atoms with E-state index in [-0.39, 0.29) is 0 Å². The molecule has 3 aromatic carbocycles. The van der Waals surface area contributed by atoms with Gasteiger partial charge < -0.3 is 5.32 Å². The Balaban J connectivity index is 1.57. The summed E-state index contributed by atoms with van der Waals surface area (Å²) in [4.78, 5) is 8.75. The highest BCUT2D eigenvalue weighted by Gasteiger charge is 2.12. The van der Waals surface area contributed by atoms with Gasteiger partial charge >= 0.3 is 0 Å². The third-order valence-corrected chi connectivity index (χ3v) is 6.09. The number of fused-ring (bicyclic) bond motifs is 2. The summed E-state index contributed by atoms with van der Waals surface area (Å²) in [5.41, 5.74) is 4.92. The number of anilines is 2. The minimum Gasteiger partial charge on any atom is -0.338 e. The first-order chi connectivity index (χ1) is 13.3. The lowest BCUT2D eigenvalue weighted by molar-refractivity contribution is 1.29. The van der Waals surface area contributed by atoms with Crippen molar-refractivity contribution in [2.45, 2.75) is 0 Å². The van der Waals surface area contributed by atoms with Crippen molar-refractivity contribution >= 4 is 60.1 Å². The molecule has 2 heterocycles. The minimum absolute atomic E-state index is 0.873. The van der Waals surface area contributed by atoms with Gasteiger partial charge in [-0.25, -0.2) is 0 Å². The molecule has 6 heteroatoms. The van der Waals surface area contributed by atoms with Crippen LogP contribution in [0.25, 0.3) is 32.2 Å². The first-order valence-corrected chi connectivity index (χ1v) is 9.97. The largest absolute Gasteiger partial charge is 0.338 e. The molecule has 5 rings (SSSR count). The molecule has 0 saturated carbocycles. The normalized spacial score (nSPS) is 11.1. The lowest BCUT2D eigenvalue weighted by Crippen LogP contribution is -1.93. The van der Waals surface area contributed by atoms with E-state index in [1.807, 2.05) is 30.3 Å². The van der Waals surface area contributed by atoms with Crippen molar-refractivity contribution in [1.82, 2.24) is 14.3 Å². The second-order valence-electron chi connectivity index (χ2n) is 6.08. The van der Waals surface area contributed by atoms with Crippen LogP contribution in [0.3, 0.4) is 0 Å². The van der Waals surface area contributed by atoms with Crippen LogP contribution in [-0.4, -0.2) is 14.3 Å². The molecule has 0 spiro atoms. The molecule has 0 unspecified atom stereocenters. The second kappa shape index (κ2) is 6.72. The number of hydrogen-bond acceptors (Lipinski definition) is 5. The molecule has 130 valence electrons. The zero-order chi connectivity index (χ0) is 18.2. The van der Waals surface area contributed by atoms with Gasteiger partial charge in [-0.05, 0) is 68.9 Å². The molecule has 2 aromatic heterocycles. The number of rotatable bonds is 3. The van der Waals surface area contributed by atoms with E-state index in [4.69, 9.17) is 0 Å². The maximum absolute atomic E-state index is 4.57. The molecule has 0 radical (unpaired) electrons. The van der Waals surface area contributed by atoms with Gasteiger partial charge in [0.1, 0.15) is 0 Å². The predicted molar refractivity (Wildman–Crippen MR) is 116 cm³/mol. The summed E-state index contributed by atoms with van der Waals surface area (Å²) in [6.45, 7) is 0. The summed E-state index contributed by atoms with van der Waals surface area (Å²) >= 11 is 5.27. The van der Waals surface area contributed by atoms with E-state index >= 15 is 0 Å². The molecular formula is C21H13BrN4S. The van der Waals surface area contributed by atoms with Gasteiger partial charge in [-0.3, -0.25) is 9.97 Å². The first kappa shape index (κ1) is 16.4. The van der Waals surface area contributed by atoms with Crippen LogP contribution in [0.2, 0.25) is 0 Å². The highest BCUT2D eigenvalue weighted by atomic mass is 79.9. The lowest BCUT2D eigenvalue weighted by atomic mass is 10.0. The number of nitrogens with zero attached hydrogens (tertiary/aromatic N) is 3. The minimum atomic E-state index is 0.873. The fourth-order valence-electron chi connectivity index (χ4n) is 3.09. The summed E-state index contributed by atoms with van der Waals surface area (Å²) in [7, 11) is 0. The molecule has 0 amide bonds. The molecule has 0 fully saturated rings. The molecule has 0 saturated heterocycles. The van der Waals surface area contributed by atoms with E-state index in [1.54, 1.807) is 12.4 Å². The average molecular weight is 433 g/mol. The van der Waals surface area contributed by atoms with E-state index in [0.29, 0.717) is 0 Å². The van der Waals surface area contributed by atoms with Gasteiger partial charge in [-0.15, -0.1) is 0 Å². The average Bonchev–Trinajstić information content (AvgIpc) is 3.12. The smallest absolute Gasteiger partial charge is 0.152 e. The third-order valence-electron chi connectivity index (χ3n) is 4.41. The van der Waals surface area contributed by atoms with Gasteiger partial charge in [-0.2, -0.15) is 4.37 Å². The van der Waals surface area contributed by atoms with Crippen molar-refractivity contribution in [2.75, 3.05) is 5.32 Å². The van der Waals surface area contributed by atoms with Gasteiger partial charge in [0.15, 0.2) is 5.82 Å². The van der Waals surface area contributed by atoms with Gasteiger partial charge in [0, 0.05) is 22.3 Å². The highest BCUT2D eigenvalue weighted by Crippen LogP contribution is 2.37. The van der Waals surface area contributed by atoms with Crippen LogP contribution < -0.4 is 5.32 Å². The van der Waals surface area contributed by atoms with Gasteiger partial charge in [0.2, 0.25) is 0 Å². The summed E-state index contributed by atoms with van der Waals surface area (Å²) < 4.78 is 6.72. The molecule has 0 aliphatic carbocycles. The summed E-state index contributed by atoms with van der Waals surface area (Å²) in [5.74, 6) is 0.873. The van der Waals surface area contributed by atoms with E-state index in [9.17, 15) is 0 Å². The number of aromatic nitrogens is 3. The van der Waals surface area contributed by atoms with E-state index in [0.717, 1.165) is 43.5 Å². The summed E-state index contributed by atoms with van der Waals surface area (Å²) in [5, 5.41) is 4.59. The van der Waals surface area contributed by atoms with E-state index in [2.05, 4.69) is 65.9 Å². The Hall–Kier alpha value is -2.83. The second-order valence-corrected chi connectivity index (χ2v) is 7.68. The topological polar surface area (TPSA) is 50.7 Å². The van der Waals surface area contributed by atoms with Gasteiger partial charge in [0.05, 0.1) is 21.4 Å². The molecule has 4 nitrogen and oxygen atoms in total. The summed E-state index contributed by atoms with van der Waals surface area (Å²) in [6.07, 6.45) is 3.42. The zero-order valence-electron chi connectivity index (χ0n) is 14.1. The van der Waals surface area contributed by atoms with Crippen LogP contribution in [0.5, 0.6) is 0 Å². The zero-order valence-corrected chi connectivity index (χ0v) is 16.5. The Morgan fingerprint density at radius 3 is 2.63 bits per heavy atom. The van der Waals surface area contributed by atoms with Crippen molar-refractivity contribution in [3.8, 4) is 11.1 Å². The molecule has 1 N–H and O–H groups in total. The maximum Gasteiger partial charge on any atom is 0.152 e. The Morgan fingerprint density at radius 2 is 1.70 bits per heavy atom. The first-order valence-electron chi connectivity index (χ1n) is 8.41.